The van der Waals surface area contributed by atoms with E-state index in [0.717, 1.165) is 16.7 Å². The molecule has 0 amide bonds. The summed E-state index contributed by atoms with van der Waals surface area (Å²) >= 11 is 0. The lowest BCUT2D eigenvalue weighted by Crippen LogP contribution is -2.51. The van der Waals surface area contributed by atoms with Crippen LogP contribution in [0.1, 0.15) is 6.42 Å². The molecule has 0 saturated carbocycles. The highest BCUT2D eigenvalue weighted by Crippen LogP contribution is 2.23. The highest BCUT2D eigenvalue weighted by molar-refractivity contribution is 7.92. The van der Waals surface area contributed by atoms with E-state index in [-0.39, 0.29) is 17.2 Å². The lowest BCUT2D eigenvalue weighted by molar-refractivity contribution is -0.137. The number of carboxylic acid groups (broad SMARTS) is 1. The number of hydrogen-bond donors (Lipinski definition) is 2. The number of aromatic amines is 1. The molecule has 20 heavy (non-hydrogen) atoms. The quantitative estimate of drug-likeness (QED) is 0.700. The molecule has 0 bridgehead atoms. The largest absolute Gasteiger partial charge is 0.481 e. The minimum Gasteiger partial charge on any atom is -0.481 e. The zero-order valence-electron chi connectivity index (χ0n) is 10.3. The first-order chi connectivity index (χ1) is 9.22. The third kappa shape index (κ3) is 2.99. The summed E-state index contributed by atoms with van der Waals surface area (Å²) in [6.45, 7) is -0.256. The van der Waals surface area contributed by atoms with Crippen LogP contribution in [0.4, 0.5) is 0 Å². The summed E-state index contributed by atoms with van der Waals surface area (Å²) in [6, 6.07) is -1.11. The van der Waals surface area contributed by atoms with Crippen LogP contribution in [0.25, 0.3) is 0 Å². The minimum atomic E-state index is -3.95. The van der Waals surface area contributed by atoms with Gasteiger partial charge in [0.25, 0.3) is 0 Å². The molecule has 1 unspecified atom stereocenters. The lowest BCUT2D eigenvalue weighted by atomic mass is 10.2. The SMILES string of the molecule is O=C(O)CC1CS(=O)(=O)CCN1S(=O)(=O)c1cn[nH]c1. The number of nitrogens with zero attached hydrogens (tertiary/aromatic N) is 2. The van der Waals surface area contributed by atoms with Crippen molar-refractivity contribution in [1.29, 1.82) is 0 Å². The average Bonchev–Trinajstić information content (AvgIpc) is 2.79. The summed E-state index contributed by atoms with van der Waals surface area (Å²) in [5.74, 6) is -2.06. The van der Waals surface area contributed by atoms with Gasteiger partial charge >= 0.3 is 5.97 Å². The highest BCUT2D eigenvalue weighted by Gasteiger charge is 2.40. The van der Waals surface area contributed by atoms with Gasteiger partial charge in [-0.2, -0.15) is 9.40 Å². The molecule has 0 aromatic carbocycles. The van der Waals surface area contributed by atoms with E-state index in [1.807, 2.05) is 0 Å². The van der Waals surface area contributed by atoms with Crippen LogP contribution in [-0.2, 0) is 24.7 Å². The van der Waals surface area contributed by atoms with E-state index in [0.29, 0.717) is 0 Å². The molecule has 0 aliphatic carbocycles. The number of aromatic nitrogens is 2. The Morgan fingerprint density at radius 2 is 2.25 bits per heavy atom. The summed E-state index contributed by atoms with van der Waals surface area (Å²) in [6.07, 6.45) is 1.70. The van der Waals surface area contributed by atoms with Crippen molar-refractivity contribution in [1.82, 2.24) is 14.5 Å². The van der Waals surface area contributed by atoms with Gasteiger partial charge in [0.2, 0.25) is 10.0 Å². The number of H-pyrrole nitrogens is 1. The Kier molecular flexibility index (Phi) is 3.84. The van der Waals surface area contributed by atoms with Crippen molar-refractivity contribution in [3.05, 3.63) is 12.4 Å². The van der Waals surface area contributed by atoms with Crippen LogP contribution in [0.15, 0.2) is 17.3 Å². The topological polar surface area (TPSA) is 138 Å². The van der Waals surface area contributed by atoms with Crippen molar-refractivity contribution in [3.8, 4) is 0 Å². The van der Waals surface area contributed by atoms with Gasteiger partial charge in [-0.15, -0.1) is 0 Å². The summed E-state index contributed by atoms with van der Waals surface area (Å²) < 4.78 is 48.7. The Hall–Kier alpha value is -1.46. The fourth-order valence-electron chi connectivity index (χ4n) is 2.07. The van der Waals surface area contributed by atoms with E-state index >= 15 is 0 Å². The van der Waals surface area contributed by atoms with E-state index in [4.69, 9.17) is 5.11 Å². The minimum absolute atomic E-state index is 0.118. The number of carbonyl (C=O) groups is 1. The fourth-order valence-corrected chi connectivity index (χ4v) is 5.33. The zero-order valence-corrected chi connectivity index (χ0v) is 11.9. The zero-order chi connectivity index (χ0) is 15.0. The number of sulfonamides is 1. The Balaban J connectivity index is 2.36. The molecular formula is C9H13N3O6S2. The number of aliphatic carboxylic acids is 1. The molecule has 1 aromatic heterocycles. The Bertz CT molecular complexity index is 694. The maximum Gasteiger partial charge on any atom is 0.305 e. The molecule has 1 saturated heterocycles. The Labute approximate surface area is 115 Å². The maximum absolute atomic E-state index is 12.3. The van der Waals surface area contributed by atoms with Crippen molar-refractivity contribution in [3.63, 3.8) is 0 Å². The van der Waals surface area contributed by atoms with Gasteiger partial charge < -0.3 is 5.11 Å². The van der Waals surface area contributed by atoms with Gasteiger partial charge in [-0.3, -0.25) is 9.89 Å². The molecule has 1 aliphatic heterocycles. The third-order valence-corrected chi connectivity index (χ3v) is 6.58. The molecule has 112 valence electrons. The van der Waals surface area contributed by atoms with Gasteiger partial charge in [0, 0.05) is 18.8 Å². The van der Waals surface area contributed by atoms with Gasteiger partial charge in [-0.05, 0) is 0 Å². The third-order valence-electron chi connectivity index (χ3n) is 2.97. The highest BCUT2D eigenvalue weighted by atomic mass is 32.2. The molecule has 1 aromatic rings. The summed E-state index contributed by atoms with van der Waals surface area (Å²) in [5.41, 5.74) is 0. The number of rotatable bonds is 4. The molecule has 0 radical (unpaired) electrons. The monoisotopic (exact) mass is 323 g/mol. The van der Waals surface area contributed by atoms with Gasteiger partial charge in [0.15, 0.2) is 9.84 Å². The van der Waals surface area contributed by atoms with Crippen molar-refractivity contribution in [2.75, 3.05) is 18.1 Å². The fraction of sp³-hybridized carbons (Fsp3) is 0.556. The van der Waals surface area contributed by atoms with Gasteiger partial charge in [0.1, 0.15) is 4.90 Å². The van der Waals surface area contributed by atoms with Crippen LogP contribution in [0.5, 0.6) is 0 Å². The number of carboxylic acids is 1. The standard InChI is InChI=1S/C9H13N3O6S2/c13-9(14)3-7-6-19(15,16)2-1-12(7)20(17,18)8-4-10-11-5-8/h4-5,7H,1-3,6H2,(H,10,11)(H,13,14). The molecule has 2 rings (SSSR count). The van der Waals surface area contributed by atoms with Crippen molar-refractivity contribution >= 4 is 25.8 Å². The van der Waals surface area contributed by atoms with Gasteiger partial charge in [0.05, 0.1) is 24.1 Å². The number of sulfone groups is 1. The number of hydrogen-bond acceptors (Lipinski definition) is 6. The molecular weight excluding hydrogens is 310 g/mol. The Morgan fingerprint density at radius 1 is 1.55 bits per heavy atom. The summed E-state index contributed by atoms with van der Waals surface area (Å²) in [4.78, 5) is 10.7. The molecule has 11 heteroatoms. The second kappa shape index (κ2) is 5.14. The molecule has 9 nitrogen and oxygen atoms in total. The van der Waals surface area contributed by atoms with E-state index in [2.05, 4.69) is 10.2 Å². The predicted molar refractivity (Wildman–Crippen MR) is 67.2 cm³/mol. The van der Waals surface area contributed by atoms with E-state index < -0.39 is 44.0 Å². The molecule has 2 N–H and O–H groups in total. The number of nitrogens with one attached hydrogen (secondary N) is 1. The molecule has 2 heterocycles. The van der Waals surface area contributed by atoms with Crippen LogP contribution in [0.2, 0.25) is 0 Å². The van der Waals surface area contributed by atoms with Gasteiger partial charge in [-0.25, -0.2) is 16.8 Å². The Morgan fingerprint density at radius 3 is 2.80 bits per heavy atom. The van der Waals surface area contributed by atoms with Crippen LogP contribution < -0.4 is 0 Å². The second-order valence-corrected chi connectivity index (χ2v) is 8.54. The van der Waals surface area contributed by atoms with Crippen LogP contribution in [0, 0.1) is 0 Å². The van der Waals surface area contributed by atoms with Crippen LogP contribution >= 0.6 is 0 Å². The first-order valence-electron chi connectivity index (χ1n) is 5.65. The second-order valence-electron chi connectivity index (χ2n) is 4.42. The first kappa shape index (κ1) is 14.9. The van der Waals surface area contributed by atoms with Crippen molar-refractivity contribution < 1.29 is 26.7 Å². The van der Waals surface area contributed by atoms with E-state index in [9.17, 15) is 21.6 Å². The molecule has 0 spiro atoms. The summed E-state index contributed by atoms with van der Waals surface area (Å²) in [7, 11) is -7.38. The van der Waals surface area contributed by atoms with Crippen molar-refractivity contribution in [2.24, 2.45) is 0 Å². The molecule has 1 atom stereocenters. The smallest absolute Gasteiger partial charge is 0.305 e. The average molecular weight is 323 g/mol. The van der Waals surface area contributed by atoms with Crippen LogP contribution in [-0.4, -0.2) is 66.5 Å². The molecule has 1 fully saturated rings. The molecule has 1 aliphatic rings. The van der Waals surface area contributed by atoms with Crippen LogP contribution in [0.3, 0.4) is 0 Å². The normalized spacial score (nSPS) is 23.5. The lowest BCUT2D eigenvalue weighted by Gasteiger charge is -2.33. The first-order valence-corrected chi connectivity index (χ1v) is 8.91. The van der Waals surface area contributed by atoms with E-state index in [1.165, 1.54) is 0 Å². The van der Waals surface area contributed by atoms with E-state index in [1.54, 1.807) is 0 Å². The summed E-state index contributed by atoms with van der Waals surface area (Å²) in [5, 5.41) is 14.7. The van der Waals surface area contributed by atoms with Gasteiger partial charge in [-0.1, -0.05) is 0 Å². The predicted octanol–water partition coefficient (Wildman–Crippen LogP) is -1.33. The maximum atomic E-state index is 12.3. The van der Waals surface area contributed by atoms with Crippen molar-refractivity contribution in [2.45, 2.75) is 17.4 Å².